The zero-order chi connectivity index (χ0) is 21.8. The summed E-state index contributed by atoms with van der Waals surface area (Å²) in [6, 6.07) is 21.8. The van der Waals surface area contributed by atoms with Gasteiger partial charge in [-0.05, 0) is 56.7 Å². The standard InChI is InChI=1S/C27H32N4/c1-4-20(2)26-23-12-8-9-13-24(23)29-25(30-26)18-31(3)22-14-16-27(19-28,17-15-22)21-10-6-5-7-11-21/h5-13,20,22H,4,14-18H2,1-3H3. The van der Waals surface area contributed by atoms with Crippen molar-refractivity contribution >= 4 is 10.9 Å². The maximum absolute atomic E-state index is 9.98. The summed E-state index contributed by atoms with van der Waals surface area (Å²) in [6.07, 6.45) is 4.91. The summed E-state index contributed by atoms with van der Waals surface area (Å²) in [5.41, 5.74) is 3.01. The molecule has 0 aliphatic heterocycles. The molecule has 2 aromatic carbocycles. The van der Waals surface area contributed by atoms with Crippen LogP contribution in [0.4, 0.5) is 0 Å². The normalized spacial score (nSPS) is 22.4. The van der Waals surface area contributed by atoms with Crippen LogP contribution in [0, 0.1) is 11.3 Å². The van der Waals surface area contributed by atoms with Gasteiger partial charge < -0.3 is 0 Å². The Balaban J connectivity index is 1.50. The second kappa shape index (κ2) is 9.16. The maximum atomic E-state index is 9.98. The van der Waals surface area contributed by atoms with Crippen molar-refractivity contribution in [1.29, 1.82) is 5.26 Å². The van der Waals surface area contributed by atoms with Gasteiger partial charge in [-0.2, -0.15) is 5.26 Å². The summed E-state index contributed by atoms with van der Waals surface area (Å²) in [7, 11) is 2.17. The van der Waals surface area contributed by atoms with Gasteiger partial charge in [0.05, 0.1) is 29.2 Å². The molecule has 160 valence electrons. The molecule has 0 N–H and O–H groups in total. The number of nitrogens with zero attached hydrogens (tertiary/aromatic N) is 4. The molecule has 1 aliphatic rings. The molecular weight excluding hydrogens is 380 g/mol. The summed E-state index contributed by atoms with van der Waals surface area (Å²) in [5.74, 6) is 1.31. The van der Waals surface area contributed by atoms with Gasteiger partial charge in [0.15, 0.2) is 0 Å². The lowest BCUT2D eigenvalue weighted by Gasteiger charge is -2.39. The fourth-order valence-corrected chi connectivity index (χ4v) is 4.90. The molecular formula is C27H32N4. The van der Waals surface area contributed by atoms with E-state index in [2.05, 4.69) is 68.3 Å². The monoisotopic (exact) mass is 412 g/mol. The highest BCUT2D eigenvalue weighted by atomic mass is 15.2. The van der Waals surface area contributed by atoms with Crippen LogP contribution < -0.4 is 0 Å². The third-order valence-corrected chi connectivity index (χ3v) is 7.12. The van der Waals surface area contributed by atoms with Gasteiger partial charge in [-0.1, -0.05) is 62.4 Å². The Morgan fingerprint density at radius 1 is 1.06 bits per heavy atom. The van der Waals surface area contributed by atoms with E-state index in [9.17, 15) is 5.26 Å². The predicted octanol–water partition coefficient (Wildman–Crippen LogP) is 5.98. The summed E-state index contributed by atoms with van der Waals surface area (Å²) >= 11 is 0. The summed E-state index contributed by atoms with van der Waals surface area (Å²) in [4.78, 5) is 12.3. The Bertz CT molecular complexity index is 1060. The Labute approximate surface area is 186 Å². The van der Waals surface area contributed by atoms with Gasteiger partial charge in [-0.25, -0.2) is 9.97 Å². The molecule has 1 aliphatic carbocycles. The number of para-hydroxylation sites is 1. The maximum Gasteiger partial charge on any atom is 0.143 e. The van der Waals surface area contributed by atoms with Crippen LogP contribution in [0.1, 0.15) is 69.0 Å². The minimum atomic E-state index is -0.345. The van der Waals surface area contributed by atoms with E-state index in [1.165, 1.54) is 5.39 Å². The molecule has 0 bridgehead atoms. The topological polar surface area (TPSA) is 52.8 Å². The van der Waals surface area contributed by atoms with Gasteiger partial charge >= 0.3 is 0 Å². The van der Waals surface area contributed by atoms with Crippen molar-refractivity contribution in [3.63, 3.8) is 0 Å². The number of aromatic nitrogens is 2. The van der Waals surface area contributed by atoms with E-state index in [-0.39, 0.29) is 5.41 Å². The first-order valence-corrected chi connectivity index (χ1v) is 11.5. The van der Waals surface area contributed by atoms with Crippen molar-refractivity contribution in [2.45, 2.75) is 69.9 Å². The van der Waals surface area contributed by atoms with Crippen molar-refractivity contribution in [1.82, 2.24) is 14.9 Å². The van der Waals surface area contributed by atoms with Crippen LogP contribution in [0.5, 0.6) is 0 Å². The van der Waals surface area contributed by atoms with Crippen LogP contribution in [0.3, 0.4) is 0 Å². The van der Waals surface area contributed by atoms with Gasteiger partial charge in [0, 0.05) is 11.4 Å². The van der Waals surface area contributed by atoms with Gasteiger partial charge in [0.25, 0.3) is 0 Å². The van der Waals surface area contributed by atoms with Crippen molar-refractivity contribution in [3.05, 3.63) is 71.7 Å². The summed E-state index contributed by atoms with van der Waals surface area (Å²) < 4.78 is 0. The molecule has 31 heavy (non-hydrogen) atoms. The number of fused-ring (bicyclic) bond motifs is 1. The van der Waals surface area contributed by atoms with E-state index >= 15 is 0 Å². The van der Waals surface area contributed by atoms with Crippen LogP contribution in [0.15, 0.2) is 54.6 Å². The molecule has 0 saturated heterocycles. The van der Waals surface area contributed by atoms with E-state index in [0.717, 1.165) is 61.2 Å². The Kier molecular flexibility index (Phi) is 6.34. The van der Waals surface area contributed by atoms with Crippen molar-refractivity contribution in [2.24, 2.45) is 0 Å². The Morgan fingerprint density at radius 2 is 1.74 bits per heavy atom. The first kappa shape index (κ1) is 21.5. The minimum Gasteiger partial charge on any atom is -0.296 e. The molecule has 1 fully saturated rings. The molecule has 4 rings (SSSR count). The number of hydrogen-bond donors (Lipinski definition) is 0. The van der Waals surface area contributed by atoms with E-state index < -0.39 is 0 Å². The molecule has 1 aromatic heterocycles. The van der Waals surface area contributed by atoms with E-state index in [1.807, 2.05) is 18.2 Å². The lowest BCUT2D eigenvalue weighted by Crippen LogP contribution is -2.40. The first-order chi connectivity index (χ1) is 15.1. The van der Waals surface area contributed by atoms with E-state index in [0.29, 0.717) is 12.0 Å². The second-order valence-corrected chi connectivity index (χ2v) is 9.06. The smallest absolute Gasteiger partial charge is 0.143 e. The van der Waals surface area contributed by atoms with Crippen molar-refractivity contribution < 1.29 is 0 Å². The fraction of sp³-hybridized carbons (Fsp3) is 0.444. The minimum absolute atomic E-state index is 0.345. The Hall–Kier alpha value is -2.77. The average molecular weight is 413 g/mol. The van der Waals surface area contributed by atoms with Gasteiger partial charge in [0.1, 0.15) is 5.82 Å². The summed E-state index contributed by atoms with van der Waals surface area (Å²) in [6.45, 7) is 5.20. The number of hydrogen-bond acceptors (Lipinski definition) is 4. The molecule has 4 nitrogen and oxygen atoms in total. The molecule has 1 heterocycles. The van der Waals surface area contributed by atoms with Crippen molar-refractivity contribution in [2.75, 3.05) is 7.05 Å². The van der Waals surface area contributed by atoms with E-state index in [1.54, 1.807) is 0 Å². The van der Waals surface area contributed by atoms with Crippen molar-refractivity contribution in [3.8, 4) is 6.07 Å². The molecule has 0 spiro atoms. The molecule has 4 heteroatoms. The van der Waals surface area contributed by atoms with Crippen LogP contribution in [0.25, 0.3) is 10.9 Å². The quantitative estimate of drug-likeness (QED) is 0.500. The SMILES string of the molecule is CCC(C)c1nc(CN(C)C2CCC(C#N)(c3ccccc3)CC2)nc2ccccc12. The highest BCUT2D eigenvalue weighted by Crippen LogP contribution is 2.40. The van der Waals surface area contributed by atoms with Gasteiger partial charge in [0.2, 0.25) is 0 Å². The van der Waals surface area contributed by atoms with Gasteiger partial charge in [-0.3, -0.25) is 4.90 Å². The molecule has 1 saturated carbocycles. The number of nitriles is 1. The third-order valence-electron chi connectivity index (χ3n) is 7.12. The lowest BCUT2D eigenvalue weighted by atomic mass is 9.69. The fourth-order valence-electron chi connectivity index (χ4n) is 4.90. The second-order valence-electron chi connectivity index (χ2n) is 9.06. The largest absolute Gasteiger partial charge is 0.296 e. The predicted molar refractivity (Wildman–Crippen MR) is 126 cm³/mol. The third kappa shape index (κ3) is 4.34. The molecule has 0 radical (unpaired) electrons. The number of benzene rings is 2. The highest BCUT2D eigenvalue weighted by Gasteiger charge is 2.38. The molecule has 0 amide bonds. The van der Waals surface area contributed by atoms with Gasteiger partial charge in [-0.15, -0.1) is 0 Å². The average Bonchev–Trinajstić information content (AvgIpc) is 2.83. The molecule has 1 atom stereocenters. The molecule has 3 aromatic rings. The highest BCUT2D eigenvalue weighted by molar-refractivity contribution is 5.81. The molecule has 1 unspecified atom stereocenters. The van der Waals surface area contributed by atoms with Crippen LogP contribution >= 0.6 is 0 Å². The number of rotatable bonds is 6. The van der Waals surface area contributed by atoms with Crippen LogP contribution in [-0.2, 0) is 12.0 Å². The van der Waals surface area contributed by atoms with Crippen LogP contribution in [0.2, 0.25) is 0 Å². The zero-order valence-corrected chi connectivity index (χ0v) is 18.9. The summed E-state index contributed by atoms with van der Waals surface area (Å²) in [5, 5.41) is 11.1. The van der Waals surface area contributed by atoms with Crippen LogP contribution in [-0.4, -0.2) is 28.0 Å². The van der Waals surface area contributed by atoms with E-state index in [4.69, 9.17) is 9.97 Å². The zero-order valence-electron chi connectivity index (χ0n) is 18.9. The Morgan fingerprint density at radius 3 is 2.42 bits per heavy atom. The first-order valence-electron chi connectivity index (χ1n) is 11.5. The lowest BCUT2D eigenvalue weighted by molar-refractivity contribution is 0.157.